The van der Waals surface area contributed by atoms with E-state index in [4.69, 9.17) is 5.73 Å². The molecule has 4 N–H and O–H groups in total. The monoisotopic (exact) mass is 222 g/mol. The lowest BCUT2D eigenvalue weighted by molar-refractivity contribution is -0.122. The van der Waals surface area contributed by atoms with E-state index in [2.05, 4.69) is 5.32 Å². The summed E-state index contributed by atoms with van der Waals surface area (Å²) >= 11 is 0. The van der Waals surface area contributed by atoms with Crippen molar-refractivity contribution in [3.63, 3.8) is 0 Å². The minimum Gasteiger partial charge on any atom is -0.506 e. The van der Waals surface area contributed by atoms with Gasteiger partial charge in [-0.1, -0.05) is 6.07 Å². The second kappa shape index (κ2) is 5.16. The summed E-state index contributed by atoms with van der Waals surface area (Å²) in [7, 11) is 0. The van der Waals surface area contributed by atoms with Crippen LogP contribution in [0.1, 0.15) is 18.4 Å². The molecule has 16 heavy (non-hydrogen) atoms. The number of amides is 2. The number of carbonyl (C=O) groups excluding carboxylic acids is 2. The summed E-state index contributed by atoms with van der Waals surface area (Å²) in [6, 6.07) is 4.92. The number of carbonyl (C=O) groups is 2. The molecule has 0 aliphatic rings. The first-order valence-corrected chi connectivity index (χ1v) is 4.87. The molecule has 1 rings (SSSR count). The van der Waals surface area contributed by atoms with Gasteiger partial charge in [0.05, 0.1) is 5.69 Å². The smallest absolute Gasteiger partial charge is 0.224 e. The van der Waals surface area contributed by atoms with Gasteiger partial charge in [-0.3, -0.25) is 9.59 Å². The highest BCUT2D eigenvalue weighted by atomic mass is 16.3. The fourth-order valence-corrected chi connectivity index (χ4v) is 1.20. The number of phenols is 1. The second-order valence-corrected chi connectivity index (χ2v) is 3.54. The van der Waals surface area contributed by atoms with Gasteiger partial charge in [-0.15, -0.1) is 0 Å². The first kappa shape index (κ1) is 12.0. The van der Waals surface area contributed by atoms with Crippen molar-refractivity contribution in [1.82, 2.24) is 0 Å². The third kappa shape index (κ3) is 3.61. The van der Waals surface area contributed by atoms with E-state index in [0.29, 0.717) is 5.69 Å². The molecule has 5 nitrogen and oxygen atoms in total. The summed E-state index contributed by atoms with van der Waals surface area (Å²) in [5.41, 5.74) is 6.14. The van der Waals surface area contributed by atoms with Crippen molar-refractivity contribution >= 4 is 17.5 Å². The summed E-state index contributed by atoms with van der Waals surface area (Å²) < 4.78 is 0. The molecule has 5 heteroatoms. The van der Waals surface area contributed by atoms with Crippen molar-refractivity contribution in [3.8, 4) is 5.75 Å². The van der Waals surface area contributed by atoms with Gasteiger partial charge >= 0.3 is 0 Å². The fourth-order valence-electron chi connectivity index (χ4n) is 1.20. The van der Waals surface area contributed by atoms with Crippen LogP contribution in [0.2, 0.25) is 0 Å². The number of nitrogens with one attached hydrogen (secondary N) is 1. The number of phenolic OH excluding ortho intramolecular Hbond substituents is 1. The number of rotatable bonds is 4. The van der Waals surface area contributed by atoms with Crippen molar-refractivity contribution in [2.75, 3.05) is 5.32 Å². The molecule has 0 aromatic heterocycles. The van der Waals surface area contributed by atoms with Gasteiger partial charge in [-0.05, 0) is 24.6 Å². The molecule has 0 radical (unpaired) electrons. The van der Waals surface area contributed by atoms with Crippen LogP contribution in [0, 0.1) is 6.92 Å². The molecule has 0 saturated carbocycles. The lowest BCUT2D eigenvalue weighted by atomic mass is 10.2. The van der Waals surface area contributed by atoms with Gasteiger partial charge in [-0.25, -0.2) is 0 Å². The van der Waals surface area contributed by atoms with Crippen LogP contribution in [-0.2, 0) is 9.59 Å². The Balaban J connectivity index is 2.59. The molecule has 0 aliphatic heterocycles. The minimum atomic E-state index is -0.525. The Morgan fingerprint density at radius 1 is 1.38 bits per heavy atom. The molecule has 86 valence electrons. The van der Waals surface area contributed by atoms with E-state index in [-0.39, 0.29) is 24.5 Å². The van der Waals surface area contributed by atoms with Gasteiger partial charge < -0.3 is 16.2 Å². The minimum absolute atomic E-state index is 0.00153. The van der Waals surface area contributed by atoms with E-state index in [1.54, 1.807) is 18.2 Å². The Morgan fingerprint density at radius 3 is 2.62 bits per heavy atom. The molecule has 0 unspecified atom stereocenters. The lowest BCUT2D eigenvalue weighted by Gasteiger charge is -2.07. The third-order valence-corrected chi connectivity index (χ3v) is 2.03. The highest BCUT2D eigenvalue weighted by molar-refractivity contribution is 5.94. The van der Waals surface area contributed by atoms with Gasteiger partial charge in [0.25, 0.3) is 0 Å². The second-order valence-electron chi connectivity index (χ2n) is 3.54. The number of nitrogens with two attached hydrogens (primary N) is 1. The SMILES string of the molecule is Cc1ccc(NC(=O)CCC(N)=O)c(O)c1. The zero-order chi connectivity index (χ0) is 12.1. The highest BCUT2D eigenvalue weighted by Gasteiger charge is 2.07. The number of anilines is 1. The van der Waals surface area contributed by atoms with Crippen LogP contribution >= 0.6 is 0 Å². The maximum absolute atomic E-state index is 11.3. The molecule has 0 bridgehead atoms. The summed E-state index contributed by atoms with van der Waals surface area (Å²) in [6.07, 6.45) is 0.0150. The molecular weight excluding hydrogens is 208 g/mol. The maximum Gasteiger partial charge on any atom is 0.224 e. The summed E-state index contributed by atoms with van der Waals surface area (Å²) in [4.78, 5) is 21.8. The van der Waals surface area contributed by atoms with Crippen molar-refractivity contribution in [3.05, 3.63) is 23.8 Å². The van der Waals surface area contributed by atoms with Crippen molar-refractivity contribution in [2.45, 2.75) is 19.8 Å². The standard InChI is InChI=1S/C11H14N2O3/c1-7-2-3-8(9(14)6-7)13-11(16)5-4-10(12)15/h2-3,6,14H,4-5H2,1H3,(H2,12,15)(H,13,16). The molecule has 1 aromatic carbocycles. The van der Waals surface area contributed by atoms with Gasteiger partial charge in [0.15, 0.2) is 0 Å². The Morgan fingerprint density at radius 2 is 2.06 bits per heavy atom. The highest BCUT2D eigenvalue weighted by Crippen LogP contribution is 2.23. The van der Waals surface area contributed by atoms with Crippen molar-refractivity contribution in [1.29, 1.82) is 0 Å². The zero-order valence-corrected chi connectivity index (χ0v) is 8.99. The first-order chi connectivity index (χ1) is 7.49. The summed E-state index contributed by atoms with van der Waals surface area (Å²) in [5, 5.41) is 12.0. The molecule has 0 spiro atoms. The van der Waals surface area contributed by atoms with Crippen LogP contribution in [0.15, 0.2) is 18.2 Å². The molecule has 0 atom stereocenters. The molecular formula is C11H14N2O3. The van der Waals surface area contributed by atoms with E-state index < -0.39 is 5.91 Å². The van der Waals surface area contributed by atoms with Crippen LogP contribution in [0.5, 0.6) is 5.75 Å². The Labute approximate surface area is 93.3 Å². The van der Waals surface area contributed by atoms with Crippen LogP contribution in [0.4, 0.5) is 5.69 Å². The largest absolute Gasteiger partial charge is 0.506 e. The van der Waals surface area contributed by atoms with E-state index in [1.165, 1.54) is 0 Å². The number of aryl methyl sites for hydroxylation is 1. The number of benzene rings is 1. The quantitative estimate of drug-likeness (QED) is 0.661. The Hall–Kier alpha value is -2.04. The van der Waals surface area contributed by atoms with Gasteiger partial charge in [0, 0.05) is 12.8 Å². The zero-order valence-electron chi connectivity index (χ0n) is 8.99. The summed E-state index contributed by atoms with van der Waals surface area (Å²) in [6.45, 7) is 1.83. The van der Waals surface area contributed by atoms with Gasteiger partial charge in [0.2, 0.25) is 11.8 Å². The predicted octanol–water partition coefficient (Wildman–Crippen LogP) is 0.905. The number of primary amides is 1. The molecule has 0 heterocycles. The van der Waals surface area contributed by atoms with Gasteiger partial charge in [0.1, 0.15) is 5.75 Å². The lowest BCUT2D eigenvalue weighted by Crippen LogP contribution is -2.17. The topological polar surface area (TPSA) is 92.4 Å². The van der Waals surface area contributed by atoms with Crippen LogP contribution in [-0.4, -0.2) is 16.9 Å². The molecule has 1 aromatic rings. The number of hydrogen-bond donors (Lipinski definition) is 3. The van der Waals surface area contributed by atoms with Crippen molar-refractivity contribution < 1.29 is 14.7 Å². The van der Waals surface area contributed by atoms with Crippen LogP contribution in [0.25, 0.3) is 0 Å². The molecule has 0 saturated heterocycles. The normalized spacial score (nSPS) is 9.81. The number of hydrogen-bond acceptors (Lipinski definition) is 3. The van der Waals surface area contributed by atoms with Crippen LogP contribution < -0.4 is 11.1 Å². The van der Waals surface area contributed by atoms with E-state index in [1.807, 2.05) is 6.92 Å². The first-order valence-electron chi connectivity index (χ1n) is 4.87. The Kier molecular flexibility index (Phi) is 3.88. The number of aromatic hydroxyl groups is 1. The maximum atomic E-state index is 11.3. The summed E-state index contributed by atoms with van der Waals surface area (Å²) in [5.74, 6) is -0.867. The molecule has 0 fully saturated rings. The van der Waals surface area contributed by atoms with Crippen molar-refractivity contribution in [2.24, 2.45) is 5.73 Å². The predicted molar refractivity (Wildman–Crippen MR) is 59.9 cm³/mol. The van der Waals surface area contributed by atoms with E-state index >= 15 is 0 Å². The van der Waals surface area contributed by atoms with E-state index in [9.17, 15) is 14.7 Å². The van der Waals surface area contributed by atoms with Crippen LogP contribution in [0.3, 0.4) is 0 Å². The fraction of sp³-hybridized carbons (Fsp3) is 0.273. The average molecular weight is 222 g/mol. The van der Waals surface area contributed by atoms with E-state index in [0.717, 1.165) is 5.56 Å². The Bertz CT molecular complexity index is 416. The third-order valence-electron chi connectivity index (χ3n) is 2.03. The molecule has 0 aliphatic carbocycles. The van der Waals surface area contributed by atoms with Gasteiger partial charge in [-0.2, -0.15) is 0 Å². The molecule has 2 amide bonds. The average Bonchev–Trinajstić information content (AvgIpc) is 2.19.